The molecule has 0 atom stereocenters. The van der Waals surface area contributed by atoms with Crippen molar-refractivity contribution in [2.75, 3.05) is 27.1 Å². The number of anilines is 1. The molecule has 6 nitrogen and oxygen atoms in total. The Morgan fingerprint density at radius 1 is 1.11 bits per heavy atom. The predicted octanol–water partition coefficient (Wildman–Crippen LogP) is 2.45. The van der Waals surface area contributed by atoms with E-state index in [1.165, 1.54) is 0 Å². The Morgan fingerprint density at radius 2 is 1.79 bits per heavy atom. The van der Waals surface area contributed by atoms with Gasteiger partial charge in [-0.15, -0.1) is 0 Å². The van der Waals surface area contributed by atoms with Crippen molar-refractivity contribution in [1.29, 1.82) is 0 Å². The van der Waals surface area contributed by atoms with Crippen LogP contribution in [0.15, 0.2) is 16.7 Å². The molecule has 7 heteroatoms. The number of benzene rings is 1. The van der Waals surface area contributed by atoms with Crippen molar-refractivity contribution in [3.63, 3.8) is 0 Å². The molecule has 0 aliphatic heterocycles. The normalized spacial score (nSPS) is 10.3. The number of rotatable bonds is 4. The molecule has 102 valence electrons. The number of ether oxygens (including phenoxy) is 3. The van der Waals surface area contributed by atoms with Crippen LogP contribution in [0.3, 0.4) is 0 Å². The molecule has 0 amide bonds. The highest BCUT2D eigenvalue weighted by molar-refractivity contribution is 9.10. The molecule has 0 spiro atoms. The first kappa shape index (κ1) is 13.5. The molecule has 1 aromatic heterocycles. The van der Waals surface area contributed by atoms with E-state index >= 15 is 0 Å². The molecule has 0 saturated heterocycles. The van der Waals surface area contributed by atoms with Crippen molar-refractivity contribution >= 4 is 21.7 Å². The van der Waals surface area contributed by atoms with Crippen LogP contribution in [0.2, 0.25) is 0 Å². The van der Waals surface area contributed by atoms with E-state index in [0.717, 1.165) is 11.1 Å². The van der Waals surface area contributed by atoms with Crippen LogP contribution in [0, 0.1) is 0 Å². The summed E-state index contributed by atoms with van der Waals surface area (Å²) in [5.74, 6) is 2.19. The number of nitrogens with one attached hydrogen (secondary N) is 1. The third-order valence-corrected chi connectivity index (χ3v) is 3.45. The molecule has 2 aromatic rings. The van der Waals surface area contributed by atoms with Gasteiger partial charge < -0.3 is 19.9 Å². The summed E-state index contributed by atoms with van der Waals surface area (Å²) in [7, 11) is 4.71. The Labute approximate surface area is 119 Å². The largest absolute Gasteiger partial charge is 0.495 e. The molecule has 0 saturated carbocycles. The SMILES string of the molecule is COc1cc(-c2cn[nH]c2N)c(OC)c(Br)c1OC. The summed E-state index contributed by atoms with van der Waals surface area (Å²) in [6, 6.07) is 1.80. The monoisotopic (exact) mass is 327 g/mol. The van der Waals surface area contributed by atoms with Crippen LogP contribution < -0.4 is 19.9 Å². The average molecular weight is 328 g/mol. The number of nitrogen functional groups attached to an aromatic ring is 1. The second-order valence-corrected chi connectivity index (χ2v) is 4.50. The third kappa shape index (κ3) is 2.21. The second-order valence-electron chi connectivity index (χ2n) is 3.70. The smallest absolute Gasteiger partial charge is 0.178 e. The highest BCUT2D eigenvalue weighted by atomic mass is 79.9. The third-order valence-electron chi connectivity index (χ3n) is 2.73. The minimum absolute atomic E-state index is 0.456. The summed E-state index contributed by atoms with van der Waals surface area (Å²) in [6.45, 7) is 0. The maximum Gasteiger partial charge on any atom is 0.178 e. The van der Waals surface area contributed by atoms with Gasteiger partial charge in [0.15, 0.2) is 11.5 Å². The van der Waals surface area contributed by atoms with Gasteiger partial charge in [-0.1, -0.05) is 0 Å². The number of H-pyrrole nitrogens is 1. The van der Waals surface area contributed by atoms with Gasteiger partial charge in [0.1, 0.15) is 16.0 Å². The molecular weight excluding hydrogens is 314 g/mol. The molecule has 0 fully saturated rings. The van der Waals surface area contributed by atoms with Gasteiger partial charge in [0.2, 0.25) is 0 Å². The lowest BCUT2D eigenvalue weighted by atomic mass is 10.1. The average Bonchev–Trinajstić information content (AvgIpc) is 2.83. The van der Waals surface area contributed by atoms with Crippen molar-refractivity contribution in [3.8, 4) is 28.4 Å². The van der Waals surface area contributed by atoms with Gasteiger partial charge in [0, 0.05) is 11.1 Å². The van der Waals surface area contributed by atoms with E-state index in [0.29, 0.717) is 27.5 Å². The zero-order valence-electron chi connectivity index (χ0n) is 10.8. The van der Waals surface area contributed by atoms with Gasteiger partial charge >= 0.3 is 0 Å². The first-order valence-corrected chi connectivity index (χ1v) is 6.21. The number of nitrogens with zero attached hydrogens (tertiary/aromatic N) is 1. The van der Waals surface area contributed by atoms with E-state index in [-0.39, 0.29) is 0 Å². The number of nitrogens with two attached hydrogens (primary N) is 1. The summed E-state index contributed by atoms with van der Waals surface area (Å²) >= 11 is 3.45. The quantitative estimate of drug-likeness (QED) is 0.901. The fraction of sp³-hybridized carbons (Fsp3) is 0.250. The topological polar surface area (TPSA) is 82.4 Å². The predicted molar refractivity (Wildman–Crippen MR) is 75.8 cm³/mol. The zero-order chi connectivity index (χ0) is 14.0. The van der Waals surface area contributed by atoms with Crippen molar-refractivity contribution in [2.24, 2.45) is 0 Å². The van der Waals surface area contributed by atoms with Crippen molar-refractivity contribution in [3.05, 3.63) is 16.7 Å². The highest BCUT2D eigenvalue weighted by Crippen LogP contribution is 2.48. The lowest BCUT2D eigenvalue weighted by molar-refractivity contribution is 0.346. The molecule has 0 aliphatic rings. The lowest BCUT2D eigenvalue weighted by Gasteiger charge is -2.16. The minimum atomic E-state index is 0.456. The van der Waals surface area contributed by atoms with E-state index in [4.69, 9.17) is 19.9 Å². The summed E-state index contributed by atoms with van der Waals surface area (Å²) < 4.78 is 16.7. The first-order chi connectivity index (χ1) is 9.13. The Bertz CT molecular complexity index is 598. The molecule has 0 unspecified atom stereocenters. The second kappa shape index (κ2) is 5.40. The summed E-state index contributed by atoms with van der Waals surface area (Å²) in [6.07, 6.45) is 1.63. The van der Waals surface area contributed by atoms with Crippen LogP contribution in [0.5, 0.6) is 17.2 Å². The van der Waals surface area contributed by atoms with E-state index < -0.39 is 0 Å². The molecular formula is C12H14BrN3O3. The Kier molecular flexibility index (Phi) is 3.84. The van der Waals surface area contributed by atoms with Crippen molar-refractivity contribution in [2.45, 2.75) is 0 Å². The van der Waals surface area contributed by atoms with Crippen molar-refractivity contribution < 1.29 is 14.2 Å². The molecule has 1 aromatic carbocycles. The number of aromatic nitrogens is 2. The number of hydrogen-bond acceptors (Lipinski definition) is 5. The van der Waals surface area contributed by atoms with Crippen molar-refractivity contribution in [1.82, 2.24) is 10.2 Å². The summed E-state index contributed by atoms with van der Waals surface area (Å²) in [5, 5.41) is 6.60. The van der Waals surface area contributed by atoms with E-state index in [9.17, 15) is 0 Å². The molecule has 3 N–H and O–H groups in total. The molecule has 1 heterocycles. The molecule has 0 bridgehead atoms. The van der Waals surface area contributed by atoms with Crippen LogP contribution in [0.4, 0.5) is 5.82 Å². The molecule has 2 rings (SSSR count). The standard InChI is InChI=1S/C12H14BrN3O3/c1-17-8-4-6(7-5-15-16-12(7)14)10(18-2)9(13)11(8)19-3/h4-5H,1-3H3,(H3,14,15,16). The van der Waals surface area contributed by atoms with Crippen LogP contribution in [-0.4, -0.2) is 31.5 Å². The molecule has 0 radical (unpaired) electrons. The van der Waals surface area contributed by atoms with Gasteiger partial charge in [-0.05, 0) is 22.0 Å². The lowest BCUT2D eigenvalue weighted by Crippen LogP contribution is -1.97. The van der Waals surface area contributed by atoms with Gasteiger partial charge in [-0.3, -0.25) is 5.10 Å². The number of aromatic amines is 1. The Morgan fingerprint density at radius 3 is 2.26 bits per heavy atom. The van der Waals surface area contributed by atoms with Gasteiger partial charge in [-0.25, -0.2) is 0 Å². The number of hydrogen-bond donors (Lipinski definition) is 2. The van der Waals surface area contributed by atoms with Crippen LogP contribution in [0.1, 0.15) is 0 Å². The van der Waals surface area contributed by atoms with Crippen LogP contribution >= 0.6 is 15.9 Å². The molecule has 0 aliphatic carbocycles. The van der Waals surface area contributed by atoms with Crippen LogP contribution in [-0.2, 0) is 0 Å². The zero-order valence-corrected chi connectivity index (χ0v) is 12.4. The Hall–Kier alpha value is -1.89. The van der Waals surface area contributed by atoms with Gasteiger partial charge in [-0.2, -0.15) is 5.10 Å². The van der Waals surface area contributed by atoms with Gasteiger partial charge in [0.25, 0.3) is 0 Å². The summed E-state index contributed by atoms with van der Waals surface area (Å²) in [4.78, 5) is 0. The van der Waals surface area contributed by atoms with Gasteiger partial charge in [0.05, 0.1) is 27.5 Å². The van der Waals surface area contributed by atoms with E-state index in [1.807, 2.05) is 0 Å². The first-order valence-electron chi connectivity index (χ1n) is 5.41. The summed E-state index contributed by atoms with van der Waals surface area (Å²) in [5.41, 5.74) is 7.34. The fourth-order valence-electron chi connectivity index (χ4n) is 1.84. The molecule has 19 heavy (non-hydrogen) atoms. The number of methoxy groups -OCH3 is 3. The highest BCUT2D eigenvalue weighted by Gasteiger charge is 2.21. The van der Waals surface area contributed by atoms with E-state index in [2.05, 4.69) is 26.1 Å². The Balaban J connectivity index is 2.74. The number of halogens is 1. The van der Waals surface area contributed by atoms with Crippen LogP contribution in [0.25, 0.3) is 11.1 Å². The fourth-order valence-corrected chi connectivity index (χ4v) is 2.58. The maximum absolute atomic E-state index is 5.85. The minimum Gasteiger partial charge on any atom is -0.495 e. The van der Waals surface area contributed by atoms with E-state index in [1.54, 1.807) is 33.6 Å². The maximum atomic E-state index is 5.85.